The normalized spacial score (nSPS) is 14.0. The summed E-state index contributed by atoms with van der Waals surface area (Å²) >= 11 is 1.69. The van der Waals surface area contributed by atoms with E-state index < -0.39 is 0 Å². The van der Waals surface area contributed by atoms with Crippen LogP contribution in [-0.4, -0.2) is 36.2 Å². The fourth-order valence-electron chi connectivity index (χ4n) is 4.44. The van der Waals surface area contributed by atoms with E-state index in [4.69, 9.17) is 9.47 Å². The molecule has 1 aliphatic rings. The lowest BCUT2D eigenvalue weighted by Crippen LogP contribution is -2.33. The standard InChI is InChI=1S/C28H29NO3S.ClH/c1-20-18-33-19-27(20)26-11-5-21-17-22(30)6-12-25(21)28(26)32-24-9-7-23(8-10-24)31-16-15-29-13-3-2-4-14-29;/h5-12,17-19,30H,2-4,13-16H2,1H3;1H. The van der Waals surface area contributed by atoms with Crippen LogP contribution in [0.3, 0.4) is 0 Å². The molecule has 0 aliphatic carbocycles. The van der Waals surface area contributed by atoms with Crippen molar-refractivity contribution in [2.45, 2.75) is 26.2 Å². The highest BCUT2D eigenvalue weighted by Crippen LogP contribution is 2.42. The topological polar surface area (TPSA) is 41.9 Å². The van der Waals surface area contributed by atoms with Crippen LogP contribution < -0.4 is 9.47 Å². The molecule has 178 valence electrons. The van der Waals surface area contributed by atoms with Gasteiger partial charge in [0.1, 0.15) is 29.6 Å². The van der Waals surface area contributed by atoms with Gasteiger partial charge in [-0.1, -0.05) is 12.5 Å². The number of phenols is 1. The summed E-state index contributed by atoms with van der Waals surface area (Å²) in [4.78, 5) is 2.48. The molecule has 3 aromatic carbocycles. The summed E-state index contributed by atoms with van der Waals surface area (Å²) < 4.78 is 12.4. The van der Waals surface area contributed by atoms with E-state index in [2.05, 4.69) is 28.7 Å². The highest BCUT2D eigenvalue weighted by Gasteiger charge is 2.15. The number of rotatable bonds is 7. The number of aryl methyl sites for hydroxylation is 1. The number of aromatic hydroxyl groups is 1. The van der Waals surface area contributed by atoms with E-state index in [1.165, 1.54) is 43.5 Å². The van der Waals surface area contributed by atoms with Crippen molar-refractivity contribution in [3.63, 3.8) is 0 Å². The average Bonchev–Trinajstić information content (AvgIpc) is 3.26. The number of piperidine rings is 1. The van der Waals surface area contributed by atoms with Crippen molar-refractivity contribution in [2.24, 2.45) is 0 Å². The van der Waals surface area contributed by atoms with Crippen LogP contribution in [0.15, 0.2) is 65.4 Å². The summed E-state index contributed by atoms with van der Waals surface area (Å²) in [6.07, 6.45) is 3.95. The van der Waals surface area contributed by atoms with Crippen LogP contribution in [0.4, 0.5) is 0 Å². The Labute approximate surface area is 211 Å². The first-order valence-corrected chi connectivity index (χ1v) is 12.5. The molecule has 0 unspecified atom stereocenters. The largest absolute Gasteiger partial charge is 0.508 e. The average molecular weight is 496 g/mol. The Balaban J connectivity index is 0.00000274. The molecule has 4 aromatic rings. The molecule has 0 spiro atoms. The molecule has 1 N–H and O–H groups in total. The Kier molecular flexibility index (Phi) is 7.99. The molecule has 1 aromatic heterocycles. The molecule has 0 atom stereocenters. The monoisotopic (exact) mass is 495 g/mol. The maximum Gasteiger partial charge on any atom is 0.143 e. The van der Waals surface area contributed by atoms with Crippen LogP contribution in [0.25, 0.3) is 21.9 Å². The number of benzene rings is 3. The van der Waals surface area contributed by atoms with E-state index in [1.54, 1.807) is 23.5 Å². The van der Waals surface area contributed by atoms with Crippen LogP contribution in [-0.2, 0) is 0 Å². The maximum atomic E-state index is 9.94. The number of hydrogen-bond acceptors (Lipinski definition) is 5. The molecular formula is C28H30ClNO3S. The fourth-order valence-corrected chi connectivity index (χ4v) is 5.29. The van der Waals surface area contributed by atoms with Gasteiger partial charge in [0.15, 0.2) is 0 Å². The summed E-state index contributed by atoms with van der Waals surface area (Å²) in [6.45, 7) is 6.17. The summed E-state index contributed by atoms with van der Waals surface area (Å²) in [5.41, 5.74) is 3.44. The first kappa shape index (κ1) is 24.4. The Morgan fingerprint density at radius 2 is 1.65 bits per heavy atom. The third-order valence-electron chi connectivity index (χ3n) is 6.27. The molecule has 0 bridgehead atoms. The zero-order valence-corrected chi connectivity index (χ0v) is 21.0. The number of thiophene rings is 1. The molecule has 0 saturated carbocycles. The molecular weight excluding hydrogens is 466 g/mol. The first-order valence-electron chi connectivity index (χ1n) is 11.6. The van der Waals surface area contributed by atoms with E-state index in [0.717, 1.165) is 40.1 Å². The first-order chi connectivity index (χ1) is 16.2. The number of halogens is 1. The molecule has 1 fully saturated rings. The Morgan fingerprint density at radius 3 is 2.38 bits per heavy atom. The predicted molar refractivity (Wildman–Crippen MR) is 143 cm³/mol. The third kappa shape index (κ3) is 5.49. The Hall–Kier alpha value is -2.73. The molecule has 1 aliphatic heterocycles. The van der Waals surface area contributed by atoms with Gasteiger partial charge in [0.25, 0.3) is 0 Å². The summed E-state index contributed by atoms with van der Waals surface area (Å²) in [6, 6.07) is 17.4. The van der Waals surface area contributed by atoms with Crippen molar-refractivity contribution >= 4 is 34.5 Å². The van der Waals surface area contributed by atoms with E-state index in [-0.39, 0.29) is 18.2 Å². The number of phenolic OH excluding ortho intramolecular Hbond substituents is 1. The smallest absolute Gasteiger partial charge is 0.143 e. The fraction of sp³-hybridized carbons (Fsp3) is 0.286. The van der Waals surface area contributed by atoms with Crippen LogP contribution >= 0.6 is 23.7 Å². The second-order valence-corrected chi connectivity index (χ2v) is 9.38. The summed E-state index contributed by atoms with van der Waals surface area (Å²) in [7, 11) is 0. The molecule has 2 heterocycles. The SMILES string of the molecule is Cc1cscc1-c1ccc2cc(O)ccc2c1Oc1ccc(OCCN2CCCCC2)cc1.Cl. The molecule has 0 amide bonds. The Bertz CT molecular complexity index is 1230. The van der Waals surface area contributed by atoms with Crippen molar-refractivity contribution in [1.29, 1.82) is 0 Å². The minimum absolute atomic E-state index is 0. The quantitative estimate of drug-likeness (QED) is 0.285. The predicted octanol–water partition coefficient (Wildman–Crippen LogP) is 7.66. The lowest BCUT2D eigenvalue weighted by Gasteiger charge is -2.26. The Morgan fingerprint density at radius 1 is 0.882 bits per heavy atom. The molecule has 5 rings (SSSR count). The molecule has 1 saturated heterocycles. The van der Waals surface area contributed by atoms with E-state index in [0.29, 0.717) is 6.61 Å². The second-order valence-electron chi connectivity index (χ2n) is 8.64. The molecule has 34 heavy (non-hydrogen) atoms. The van der Waals surface area contributed by atoms with Gasteiger partial charge in [0, 0.05) is 17.5 Å². The third-order valence-corrected chi connectivity index (χ3v) is 7.13. The van der Waals surface area contributed by atoms with Crippen molar-refractivity contribution in [2.75, 3.05) is 26.2 Å². The number of hydrogen-bond donors (Lipinski definition) is 1. The van der Waals surface area contributed by atoms with Crippen LogP contribution in [0, 0.1) is 6.92 Å². The van der Waals surface area contributed by atoms with Gasteiger partial charge in [0.05, 0.1) is 0 Å². The zero-order valence-electron chi connectivity index (χ0n) is 19.3. The van der Waals surface area contributed by atoms with Crippen molar-refractivity contribution in [3.05, 3.63) is 70.9 Å². The van der Waals surface area contributed by atoms with E-state index >= 15 is 0 Å². The minimum atomic E-state index is 0. The number of likely N-dealkylation sites (tertiary alicyclic amines) is 1. The maximum absolute atomic E-state index is 9.94. The number of nitrogens with zero attached hydrogens (tertiary/aromatic N) is 1. The van der Waals surface area contributed by atoms with Gasteiger partial charge in [-0.05, 0) is 109 Å². The summed E-state index contributed by atoms with van der Waals surface area (Å²) in [5.74, 6) is 2.66. The number of fused-ring (bicyclic) bond motifs is 1. The number of ether oxygens (including phenoxy) is 2. The van der Waals surface area contributed by atoms with E-state index in [1.807, 2.05) is 36.4 Å². The van der Waals surface area contributed by atoms with Crippen LogP contribution in [0.5, 0.6) is 23.0 Å². The van der Waals surface area contributed by atoms with Crippen LogP contribution in [0.2, 0.25) is 0 Å². The molecule has 6 heteroatoms. The lowest BCUT2D eigenvalue weighted by atomic mass is 9.99. The van der Waals surface area contributed by atoms with Gasteiger partial charge in [-0.15, -0.1) is 12.4 Å². The van der Waals surface area contributed by atoms with Gasteiger partial charge in [-0.25, -0.2) is 0 Å². The second kappa shape index (κ2) is 11.1. The molecule has 4 nitrogen and oxygen atoms in total. The lowest BCUT2D eigenvalue weighted by molar-refractivity contribution is 0.183. The van der Waals surface area contributed by atoms with Gasteiger partial charge < -0.3 is 14.6 Å². The van der Waals surface area contributed by atoms with Crippen molar-refractivity contribution in [3.8, 4) is 34.1 Å². The zero-order chi connectivity index (χ0) is 22.6. The van der Waals surface area contributed by atoms with Crippen molar-refractivity contribution in [1.82, 2.24) is 4.90 Å². The van der Waals surface area contributed by atoms with Gasteiger partial charge in [0.2, 0.25) is 0 Å². The van der Waals surface area contributed by atoms with Gasteiger partial charge in [-0.2, -0.15) is 11.3 Å². The van der Waals surface area contributed by atoms with Gasteiger partial charge >= 0.3 is 0 Å². The minimum Gasteiger partial charge on any atom is -0.508 e. The van der Waals surface area contributed by atoms with E-state index in [9.17, 15) is 5.11 Å². The highest BCUT2D eigenvalue weighted by atomic mass is 35.5. The highest BCUT2D eigenvalue weighted by molar-refractivity contribution is 7.08. The van der Waals surface area contributed by atoms with Gasteiger partial charge in [-0.3, -0.25) is 4.90 Å². The molecule has 0 radical (unpaired) electrons. The summed E-state index contributed by atoms with van der Waals surface area (Å²) in [5, 5.41) is 16.2. The van der Waals surface area contributed by atoms with Crippen LogP contribution in [0.1, 0.15) is 24.8 Å². The van der Waals surface area contributed by atoms with Crippen molar-refractivity contribution < 1.29 is 14.6 Å².